The molecule has 0 N–H and O–H groups in total. The lowest BCUT2D eigenvalue weighted by Gasteiger charge is -2.36. The fraction of sp³-hybridized carbons (Fsp3) is 0.789. The van der Waals surface area contributed by atoms with Crippen LogP contribution in [0, 0.1) is 0 Å². The van der Waals surface area contributed by atoms with Crippen molar-refractivity contribution in [2.24, 2.45) is 0 Å². The van der Waals surface area contributed by atoms with E-state index in [1.165, 1.54) is 12.0 Å². The minimum atomic E-state index is -0.316. The first-order valence-corrected chi connectivity index (χ1v) is 9.94. The van der Waals surface area contributed by atoms with E-state index >= 15 is 0 Å². The Morgan fingerprint density at radius 1 is 1.15 bits per heavy atom. The summed E-state index contributed by atoms with van der Waals surface area (Å²) in [4.78, 5) is 13.8. The Morgan fingerprint density at radius 2 is 1.96 bits per heavy atom. The summed E-state index contributed by atoms with van der Waals surface area (Å²) in [6.45, 7) is 7.15. The van der Waals surface area contributed by atoms with Crippen LogP contribution in [-0.2, 0) is 20.6 Å². The first kappa shape index (κ1) is 18.1. The van der Waals surface area contributed by atoms with Gasteiger partial charge in [-0.1, -0.05) is 13.3 Å². The summed E-state index contributed by atoms with van der Waals surface area (Å²) in [5.74, 6) is 1.04. The fourth-order valence-electron chi connectivity index (χ4n) is 4.12. The van der Waals surface area contributed by atoms with Gasteiger partial charge in [0, 0.05) is 31.7 Å². The Balaban J connectivity index is 1.33. The van der Waals surface area contributed by atoms with E-state index in [0.717, 1.165) is 70.0 Å². The predicted molar refractivity (Wildman–Crippen MR) is 98.0 cm³/mol. The molecule has 0 aromatic carbocycles. The van der Waals surface area contributed by atoms with Crippen LogP contribution in [0.25, 0.3) is 0 Å². The topological polar surface area (TPSA) is 60.0 Å². The lowest BCUT2D eigenvalue weighted by molar-refractivity contribution is -0.393. The van der Waals surface area contributed by atoms with E-state index in [2.05, 4.69) is 33.7 Å². The number of hydrogen-bond acceptors (Lipinski definition) is 7. The highest BCUT2D eigenvalue weighted by molar-refractivity contribution is 5.54. The molecule has 1 atom stereocenters. The third-order valence-electron chi connectivity index (χ3n) is 5.69. The Kier molecular flexibility index (Phi) is 5.69. The molecule has 7 nitrogen and oxygen atoms in total. The van der Waals surface area contributed by atoms with Gasteiger partial charge in [0.05, 0.1) is 13.2 Å². The summed E-state index contributed by atoms with van der Waals surface area (Å²) >= 11 is 0. The lowest BCUT2D eigenvalue weighted by Crippen LogP contribution is -2.37. The van der Waals surface area contributed by atoms with E-state index in [-0.39, 0.29) is 12.6 Å². The number of ether oxygens (including phenoxy) is 3. The normalized spacial score (nSPS) is 28.8. The number of nitrogens with zero attached hydrogens (tertiary/aromatic N) is 4. The molecule has 4 rings (SSSR count). The molecule has 2 saturated heterocycles. The Bertz CT molecular complexity index is 602. The first-order chi connectivity index (χ1) is 12.8. The van der Waals surface area contributed by atoms with Crippen molar-refractivity contribution in [3.05, 3.63) is 17.6 Å². The second-order valence-electron chi connectivity index (χ2n) is 7.45. The van der Waals surface area contributed by atoms with Gasteiger partial charge in [0.2, 0.25) is 6.29 Å². The van der Waals surface area contributed by atoms with E-state index < -0.39 is 0 Å². The van der Waals surface area contributed by atoms with Crippen molar-refractivity contribution in [1.29, 1.82) is 0 Å². The highest BCUT2D eigenvalue weighted by Crippen LogP contribution is 2.40. The summed E-state index contributed by atoms with van der Waals surface area (Å²) in [5.41, 5.74) is 2.12. The third kappa shape index (κ3) is 3.71. The quantitative estimate of drug-likeness (QED) is 0.736. The van der Waals surface area contributed by atoms with Crippen LogP contribution in [0.15, 0.2) is 6.33 Å². The molecular weight excluding hydrogens is 332 g/mol. The SMILES string of the molecule is CCCC1OC(c2ncnc3c2CC(CCCN2CCOCC2)N3C)O1. The Morgan fingerprint density at radius 3 is 2.73 bits per heavy atom. The second kappa shape index (κ2) is 8.17. The van der Waals surface area contributed by atoms with Crippen molar-refractivity contribution in [2.75, 3.05) is 44.8 Å². The van der Waals surface area contributed by atoms with E-state index in [1.807, 2.05) is 0 Å². The Hall–Kier alpha value is -1.28. The molecule has 4 heterocycles. The van der Waals surface area contributed by atoms with Crippen molar-refractivity contribution in [2.45, 2.75) is 57.6 Å². The molecule has 0 aliphatic carbocycles. The second-order valence-corrected chi connectivity index (χ2v) is 7.45. The van der Waals surface area contributed by atoms with Gasteiger partial charge in [0.15, 0.2) is 6.29 Å². The molecule has 7 heteroatoms. The van der Waals surface area contributed by atoms with Crippen molar-refractivity contribution < 1.29 is 14.2 Å². The smallest absolute Gasteiger partial charge is 0.206 e. The summed E-state index contributed by atoms with van der Waals surface area (Å²) < 4.78 is 17.2. The zero-order chi connectivity index (χ0) is 17.9. The highest BCUT2D eigenvalue weighted by atomic mass is 16.9. The summed E-state index contributed by atoms with van der Waals surface area (Å²) in [7, 11) is 2.14. The number of rotatable bonds is 7. The van der Waals surface area contributed by atoms with Gasteiger partial charge < -0.3 is 19.1 Å². The van der Waals surface area contributed by atoms with Gasteiger partial charge in [-0.05, 0) is 32.2 Å². The summed E-state index contributed by atoms with van der Waals surface area (Å²) in [6.07, 6.45) is 6.59. The van der Waals surface area contributed by atoms with Crippen LogP contribution in [0.3, 0.4) is 0 Å². The number of anilines is 1. The molecule has 0 amide bonds. The molecule has 3 aliphatic rings. The average Bonchev–Trinajstić information content (AvgIpc) is 2.95. The number of morpholine rings is 1. The van der Waals surface area contributed by atoms with Crippen molar-refractivity contribution in [3.8, 4) is 0 Å². The molecular formula is C19H30N4O3. The molecule has 1 aromatic heterocycles. The van der Waals surface area contributed by atoms with E-state index in [1.54, 1.807) is 6.33 Å². The standard InChI is InChI=1S/C19H30N4O3/c1-3-5-16-25-19(26-16)17-15-12-14(22(2)18(15)21-13-20-17)6-4-7-23-8-10-24-11-9-23/h13-14,16,19H,3-12H2,1-2H3. The van der Waals surface area contributed by atoms with Gasteiger partial charge in [0.1, 0.15) is 17.8 Å². The molecule has 1 aromatic rings. The molecule has 0 saturated carbocycles. The zero-order valence-electron chi connectivity index (χ0n) is 15.9. The Labute approximate surface area is 155 Å². The monoisotopic (exact) mass is 362 g/mol. The molecule has 26 heavy (non-hydrogen) atoms. The van der Waals surface area contributed by atoms with E-state index in [4.69, 9.17) is 14.2 Å². The molecule has 2 fully saturated rings. The van der Waals surface area contributed by atoms with Gasteiger partial charge in [-0.3, -0.25) is 4.90 Å². The number of fused-ring (bicyclic) bond motifs is 1. The maximum Gasteiger partial charge on any atom is 0.206 e. The minimum absolute atomic E-state index is 0.0703. The molecule has 1 unspecified atom stereocenters. The highest BCUT2D eigenvalue weighted by Gasteiger charge is 2.38. The molecule has 144 valence electrons. The summed E-state index contributed by atoms with van der Waals surface area (Å²) in [6, 6.07) is 0.480. The zero-order valence-corrected chi connectivity index (χ0v) is 15.9. The van der Waals surface area contributed by atoms with Crippen molar-refractivity contribution >= 4 is 5.82 Å². The maximum absolute atomic E-state index is 5.87. The number of likely N-dealkylation sites (N-methyl/N-ethyl adjacent to an activating group) is 1. The van der Waals surface area contributed by atoms with Gasteiger partial charge in [0.25, 0.3) is 0 Å². The van der Waals surface area contributed by atoms with Crippen LogP contribution in [-0.4, -0.2) is 67.1 Å². The van der Waals surface area contributed by atoms with Crippen molar-refractivity contribution in [3.63, 3.8) is 0 Å². The van der Waals surface area contributed by atoms with Crippen LogP contribution in [0.5, 0.6) is 0 Å². The number of hydrogen-bond donors (Lipinski definition) is 0. The third-order valence-corrected chi connectivity index (χ3v) is 5.69. The van der Waals surface area contributed by atoms with Gasteiger partial charge in [-0.25, -0.2) is 9.97 Å². The van der Waals surface area contributed by atoms with Gasteiger partial charge in [-0.2, -0.15) is 0 Å². The van der Waals surface area contributed by atoms with Crippen LogP contribution in [0.1, 0.15) is 50.2 Å². The maximum atomic E-state index is 5.87. The van der Waals surface area contributed by atoms with Crippen LogP contribution in [0.2, 0.25) is 0 Å². The average molecular weight is 362 g/mol. The molecule has 3 aliphatic heterocycles. The van der Waals surface area contributed by atoms with Gasteiger partial charge in [-0.15, -0.1) is 0 Å². The van der Waals surface area contributed by atoms with Crippen LogP contribution < -0.4 is 4.90 Å². The first-order valence-electron chi connectivity index (χ1n) is 9.94. The minimum Gasteiger partial charge on any atom is -0.379 e. The number of aromatic nitrogens is 2. The lowest BCUT2D eigenvalue weighted by atomic mass is 10.0. The summed E-state index contributed by atoms with van der Waals surface area (Å²) in [5, 5.41) is 0. The molecule has 0 radical (unpaired) electrons. The fourth-order valence-corrected chi connectivity index (χ4v) is 4.12. The van der Waals surface area contributed by atoms with Gasteiger partial charge >= 0.3 is 0 Å². The van der Waals surface area contributed by atoms with Crippen molar-refractivity contribution in [1.82, 2.24) is 14.9 Å². The molecule has 0 spiro atoms. The van der Waals surface area contributed by atoms with E-state index in [0.29, 0.717) is 6.04 Å². The van der Waals surface area contributed by atoms with Crippen LogP contribution in [0.4, 0.5) is 5.82 Å². The molecule has 0 bridgehead atoms. The van der Waals surface area contributed by atoms with Crippen LogP contribution >= 0.6 is 0 Å². The predicted octanol–water partition coefficient (Wildman–Crippen LogP) is 2.12. The van der Waals surface area contributed by atoms with E-state index in [9.17, 15) is 0 Å². The largest absolute Gasteiger partial charge is 0.379 e.